The Balaban J connectivity index is 2.38. The Morgan fingerprint density at radius 2 is 1.89 bits per heavy atom. The highest BCUT2D eigenvalue weighted by Gasteiger charge is 2.46. The van der Waals surface area contributed by atoms with Gasteiger partial charge in [-0.3, -0.25) is 4.90 Å². The van der Waals surface area contributed by atoms with Gasteiger partial charge in [-0.25, -0.2) is 9.59 Å². The number of carbonyl (C=O) groups is 2. The normalized spacial score (nSPS) is 21.1. The maximum Gasteiger partial charge on any atom is 0.411 e. The van der Waals surface area contributed by atoms with Gasteiger partial charge in [0.25, 0.3) is 0 Å². The average molecular weight is 400 g/mol. The van der Waals surface area contributed by atoms with Gasteiger partial charge in [-0.1, -0.05) is 68.3 Å². The maximum absolute atomic E-state index is 12.9. The van der Waals surface area contributed by atoms with Crippen molar-refractivity contribution in [2.45, 2.75) is 38.7 Å². The highest BCUT2D eigenvalue weighted by atomic mass is 28.3. The van der Waals surface area contributed by atoms with Crippen LogP contribution in [-0.2, 0) is 20.9 Å². The minimum atomic E-state index is -1.57. The van der Waals surface area contributed by atoms with Crippen LogP contribution < -0.4 is 0 Å². The molecule has 2 rings (SSSR count). The molecule has 1 aliphatic rings. The first-order valence-corrected chi connectivity index (χ1v) is 12.8. The Labute approximate surface area is 168 Å². The van der Waals surface area contributed by atoms with Gasteiger partial charge in [0.15, 0.2) is 5.54 Å². The van der Waals surface area contributed by atoms with Gasteiger partial charge < -0.3 is 9.47 Å². The van der Waals surface area contributed by atoms with Crippen LogP contribution in [0.25, 0.3) is 0 Å². The van der Waals surface area contributed by atoms with Crippen molar-refractivity contribution < 1.29 is 19.1 Å². The number of nitrogens with zero attached hydrogens (tertiary/aromatic N) is 1. The highest BCUT2D eigenvalue weighted by Crippen LogP contribution is 2.32. The van der Waals surface area contributed by atoms with Crippen molar-refractivity contribution in [2.24, 2.45) is 0 Å². The van der Waals surface area contributed by atoms with Crippen molar-refractivity contribution in [3.63, 3.8) is 0 Å². The summed E-state index contributed by atoms with van der Waals surface area (Å²) >= 11 is 0. The van der Waals surface area contributed by atoms with Crippen molar-refractivity contribution >= 4 is 20.1 Å². The number of ether oxygens (including phenoxy) is 2. The first-order valence-electron chi connectivity index (χ1n) is 9.25. The summed E-state index contributed by atoms with van der Waals surface area (Å²) in [5.41, 5.74) is 3.67. The Morgan fingerprint density at radius 3 is 2.43 bits per heavy atom. The molecule has 6 heteroatoms. The van der Waals surface area contributed by atoms with E-state index in [9.17, 15) is 9.59 Å². The predicted octanol–water partition coefficient (Wildman–Crippen LogP) is 4.49. The lowest BCUT2D eigenvalue weighted by molar-refractivity contribution is -0.150. The molecule has 150 valence electrons. The number of rotatable bonds is 5. The van der Waals surface area contributed by atoms with Crippen molar-refractivity contribution in [1.29, 1.82) is 0 Å². The minimum absolute atomic E-state index is 0.137. The number of methoxy groups -OCH3 is 1. The molecular weight excluding hydrogens is 370 g/mol. The third-order valence-electron chi connectivity index (χ3n) is 4.55. The van der Waals surface area contributed by atoms with Crippen LogP contribution in [-0.4, -0.2) is 44.2 Å². The van der Waals surface area contributed by atoms with Crippen LogP contribution in [0.5, 0.6) is 0 Å². The lowest BCUT2D eigenvalue weighted by Gasteiger charge is -2.41. The molecule has 0 saturated heterocycles. The molecule has 1 unspecified atom stereocenters. The van der Waals surface area contributed by atoms with E-state index in [0.29, 0.717) is 0 Å². The molecule has 0 fully saturated rings. The van der Waals surface area contributed by atoms with E-state index in [1.807, 2.05) is 30.3 Å². The van der Waals surface area contributed by atoms with E-state index in [0.717, 1.165) is 16.7 Å². The molecule has 1 aliphatic heterocycles. The zero-order valence-electron chi connectivity index (χ0n) is 17.3. The molecular formula is C22H29NO4Si. The van der Waals surface area contributed by atoms with Crippen LogP contribution >= 0.6 is 0 Å². The first-order chi connectivity index (χ1) is 13.1. The van der Waals surface area contributed by atoms with Gasteiger partial charge in [0.1, 0.15) is 6.61 Å². The summed E-state index contributed by atoms with van der Waals surface area (Å²) in [6.45, 7) is 12.6. The van der Waals surface area contributed by atoms with Crippen LogP contribution in [0, 0.1) is 0 Å². The summed E-state index contributed by atoms with van der Waals surface area (Å²) in [5.74, 6) is -0.518. The fourth-order valence-electron chi connectivity index (χ4n) is 3.17. The second-order valence-electron chi connectivity index (χ2n) is 8.10. The Morgan fingerprint density at radius 1 is 1.25 bits per heavy atom. The van der Waals surface area contributed by atoms with Gasteiger partial charge >= 0.3 is 12.1 Å². The quantitative estimate of drug-likeness (QED) is 0.541. The Hall–Kier alpha value is -2.60. The van der Waals surface area contributed by atoms with Crippen LogP contribution in [0.3, 0.4) is 0 Å². The molecule has 1 heterocycles. The number of hydrogen-bond acceptors (Lipinski definition) is 4. The van der Waals surface area contributed by atoms with Gasteiger partial charge in [-0.2, -0.15) is 0 Å². The first kappa shape index (κ1) is 21.7. The fraction of sp³-hybridized carbons (Fsp3) is 0.364. The molecule has 1 aromatic rings. The molecule has 0 N–H and O–H groups in total. The number of allylic oxidation sites excluding steroid dienone is 1. The van der Waals surface area contributed by atoms with Crippen LogP contribution in [0.15, 0.2) is 65.9 Å². The molecule has 0 aliphatic carbocycles. The van der Waals surface area contributed by atoms with Crippen molar-refractivity contribution in [3.8, 4) is 0 Å². The Kier molecular flexibility index (Phi) is 6.67. The number of esters is 1. The van der Waals surface area contributed by atoms with Crippen LogP contribution in [0.2, 0.25) is 19.6 Å². The Bertz CT molecular complexity index is 808. The summed E-state index contributed by atoms with van der Waals surface area (Å²) in [4.78, 5) is 26.9. The molecule has 28 heavy (non-hydrogen) atoms. The smallest absolute Gasteiger partial charge is 0.411 e. The zero-order valence-corrected chi connectivity index (χ0v) is 18.3. The second-order valence-corrected chi connectivity index (χ2v) is 13.1. The van der Waals surface area contributed by atoms with E-state index in [1.165, 1.54) is 12.0 Å². The second kappa shape index (κ2) is 8.60. The molecule has 0 aromatic heterocycles. The lowest BCUT2D eigenvalue weighted by Crippen LogP contribution is -2.57. The average Bonchev–Trinajstić information content (AvgIpc) is 2.66. The van der Waals surface area contributed by atoms with E-state index in [2.05, 4.69) is 31.9 Å². The van der Waals surface area contributed by atoms with Crippen molar-refractivity contribution in [3.05, 3.63) is 71.5 Å². The predicted molar refractivity (Wildman–Crippen MR) is 113 cm³/mol. The van der Waals surface area contributed by atoms with Crippen molar-refractivity contribution in [1.82, 2.24) is 4.90 Å². The van der Waals surface area contributed by atoms with E-state index in [4.69, 9.17) is 9.47 Å². The maximum atomic E-state index is 12.9. The molecule has 0 bridgehead atoms. The van der Waals surface area contributed by atoms with Crippen molar-refractivity contribution in [2.75, 3.05) is 13.7 Å². The summed E-state index contributed by atoms with van der Waals surface area (Å²) in [6, 6.07) is 9.44. The SMILES string of the molecule is C=CC1=CC(C)(C(=O)OC)N(C(=O)OCc2ccccc2)C/C1=C\[Si](C)(C)C. The summed E-state index contributed by atoms with van der Waals surface area (Å²) in [5, 5.41) is 0. The van der Waals surface area contributed by atoms with Gasteiger partial charge in [-0.05, 0) is 29.7 Å². The van der Waals surface area contributed by atoms with E-state index in [1.54, 1.807) is 19.1 Å². The lowest BCUT2D eigenvalue weighted by atomic mass is 9.88. The summed E-state index contributed by atoms with van der Waals surface area (Å²) in [7, 11) is -0.250. The minimum Gasteiger partial charge on any atom is -0.467 e. The number of amides is 1. The van der Waals surface area contributed by atoms with Gasteiger partial charge in [-0.15, -0.1) is 0 Å². The fourth-order valence-corrected chi connectivity index (χ4v) is 4.47. The van der Waals surface area contributed by atoms with Gasteiger partial charge in [0, 0.05) is 0 Å². The molecule has 1 amide bonds. The molecule has 5 nitrogen and oxygen atoms in total. The molecule has 0 saturated carbocycles. The summed E-state index contributed by atoms with van der Waals surface area (Å²) in [6.07, 6.45) is 2.91. The number of benzene rings is 1. The topological polar surface area (TPSA) is 55.8 Å². The molecule has 0 radical (unpaired) electrons. The monoisotopic (exact) mass is 399 g/mol. The third-order valence-corrected chi connectivity index (χ3v) is 5.76. The van der Waals surface area contributed by atoms with E-state index < -0.39 is 25.7 Å². The molecule has 1 atom stereocenters. The van der Waals surface area contributed by atoms with Gasteiger partial charge in [0.2, 0.25) is 0 Å². The highest BCUT2D eigenvalue weighted by molar-refractivity contribution is 6.81. The zero-order chi connectivity index (χ0) is 20.9. The van der Waals surface area contributed by atoms with Crippen LogP contribution in [0.1, 0.15) is 12.5 Å². The largest absolute Gasteiger partial charge is 0.467 e. The number of carbonyl (C=O) groups excluding carboxylic acids is 2. The van der Waals surface area contributed by atoms with Crippen LogP contribution in [0.4, 0.5) is 4.79 Å². The van der Waals surface area contributed by atoms with E-state index in [-0.39, 0.29) is 13.2 Å². The molecule has 0 spiro atoms. The molecule has 1 aromatic carbocycles. The standard InChI is InChI=1S/C22H29NO4Si/c1-7-18-13-22(2,20(24)26-3)23(14-19(18)16-28(4,5)6)21(25)27-15-17-11-9-8-10-12-17/h7-13,16H,1,14-15H2,2-6H3/b19-16+. The number of hydrogen-bond donors (Lipinski definition) is 0. The third kappa shape index (κ3) is 5.01. The van der Waals surface area contributed by atoms with E-state index >= 15 is 0 Å². The summed E-state index contributed by atoms with van der Waals surface area (Å²) < 4.78 is 10.5. The van der Waals surface area contributed by atoms with Gasteiger partial charge in [0.05, 0.1) is 21.7 Å².